The standard InChI is InChI=1S/C21H21N5O5/c1-13-20(26(29)30)14(2)25(24-13)12-16-10-15(8-9-19(16)31-3)11-22-23-21(28)17-6-4-5-7-18(17)27/h4-11,27H,12H2,1-3H3,(H,23,28)/b22-11+. The lowest BCUT2D eigenvalue weighted by Crippen LogP contribution is -2.17. The largest absolute Gasteiger partial charge is 0.507 e. The summed E-state index contributed by atoms with van der Waals surface area (Å²) < 4.78 is 6.94. The Morgan fingerprint density at radius 3 is 2.71 bits per heavy atom. The summed E-state index contributed by atoms with van der Waals surface area (Å²) in [6.07, 6.45) is 1.45. The van der Waals surface area contributed by atoms with E-state index in [-0.39, 0.29) is 23.5 Å². The van der Waals surface area contributed by atoms with Crippen LogP contribution in [-0.4, -0.2) is 39.0 Å². The predicted molar refractivity (Wildman–Crippen MR) is 114 cm³/mol. The van der Waals surface area contributed by atoms with E-state index in [4.69, 9.17) is 4.74 Å². The zero-order valence-corrected chi connectivity index (χ0v) is 17.2. The Morgan fingerprint density at radius 1 is 1.32 bits per heavy atom. The SMILES string of the molecule is COc1ccc(/C=N/NC(=O)c2ccccc2O)cc1Cn1nc(C)c([N+](=O)[O-])c1C. The number of nitrogens with one attached hydrogen (secondary N) is 1. The number of hydrazone groups is 1. The number of hydrogen-bond donors (Lipinski definition) is 2. The second kappa shape index (κ2) is 9.08. The normalized spacial score (nSPS) is 10.9. The zero-order chi connectivity index (χ0) is 22.5. The van der Waals surface area contributed by atoms with E-state index in [0.29, 0.717) is 22.7 Å². The van der Waals surface area contributed by atoms with Crippen LogP contribution in [-0.2, 0) is 6.54 Å². The number of phenols is 1. The number of para-hydroxylation sites is 1. The topological polar surface area (TPSA) is 132 Å². The van der Waals surface area contributed by atoms with Crippen molar-refractivity contribution in [2.45, 2.75) is 20.4 Å². The summed E-state index contributed by atoms with van der Waals surface area (Å²) in [7, 11) is 1.53. The van der Waals surface area contributed by atoms with Gasteiger partial charge in [0.1, 0.15) is 22.9 Å². The molecule has 0 aliphatic rings. The molecule has 0 spiro atoms. The lowest BCUT2D eigenvalue weighted by Gasteiger charge is -2.10. The van der Waals surface area contributed by atoms with Crippen molar-refractivity contribution in [3.8, 4) is 11.5 Å². The summed E-state index contributed by atoms with van der Waals surface area (Å²) >= 11 is 0. The first-order valence-electron chi connectivity index (χ1n) is 9.28. The quantitative estimate of drug-likeness (QED) is 0.341. The molecule has 10 nitrogen and oxygen atoms in total. The molecule has 31 heavy (non-hydrogen) atoms. The molecule has 3 rings (SSSR count). The number of carbonyl (C=O) groups excluding carboxylic acids is 1. The van der Waals surface area contributed by atoms with Gasteiger partial charge in [0.2, 0.25) is 0 Å². The summed E-state index contributed by atoms with van der Waals surface area (Å²) in [6, 6.07) is 11.4. The number of nitrogens with zero attached hydrogens (tertiary/aromatic N) is 4. The molecule has 0 atom stereocenters. The number of amides is 1. The molecule has 0 bridgehead atoms. The van der Waals surface area contributed by atoms with Gasteiger partial charge in [0.15, 0.2) is 0 Å². The minimum atomic E-state index is -0.543. The van der Waals surface area contributed by atoms with Gasteiger partial charge in [-0.05, 0) is 49.7 Å². The van der Waals surface area contributed by atoms with E-state index in [2.05, 4.69) is 15.6 Å². The molecule has 10 heteroatoms. The molecule has 2 N–H and O–H groups in total. The number of methoxy groups -OCH3 is 1. The van der Waals surface area contributed by atoms with Crippen LogP contribution in [0.3, 0.4) is 0 Å². The molecular weight excluding hydrogens is 402 g/mol. The van der Waals surface area contributed by atoms with Gasteiger partial charge in [0.25, 0.3) is 5.91 Å². The highest BCUT2D eigenvalue weighted by Crippen LogP contribution is 2.25. The molecule has 1 aromatic heterocycles. The van der Waals surface area contributed by atoms with E-state index in [1.54, 1.807) is 48.9 Å². The van der Waals surface area contributed by atoms with Crippen molar-refractivity contribution < 1.29 is 19.6 Å². The smallest absolute Gasteiger partial charge is 0.312 e. The molecule has 0 unspecified atom stereocenters. The lowest BCUT2D eigenvalue weighted by molar-refractivity contribution is -0.386. The maximum absolute atomic E-state index is 12.1. The summed E-state index contributed by atoms with van der Waals surface area (Å²) in [4.78, 5) is 22.9. The van der Waals surface area contributed by atoms with Gasteiger partial charge < -0.3 is 9.84 Å². The molecule has 3 aromatic rings. The molecule has 0 aliphatic carbocycles. The first kappa shape index (κ1) is 21.5. The number of aromatic hydroxyl groups is 1. The van der Waals surface area contributed by atoms with Gasteiger partial charge in [0.05, 0.1) is 30.4 Å². The number of ether oxygens (including phenoxy) is 1. The zero-order valence-electron chi connectivity index (χ0n) is 17.2. The summed E-state index contributed by atoms with van der Waals surface area (Å²) in [6.45, 7) is 3.50. The number of carbonyl (C=O) groups is 1. The highest BCUT2D eigenvalue weighted by atomic mass is 16.6. The second-order valence-electron chi connectivity index (χ2n) is 6.72. The van der Waals surface area contributed by atoms with E-state index < -0.39 is 10.8 Å². The number of phenolic OH excluding ortho intramolecular Hbond substituents is 1. The highest BCUT2D eigenvalue weighted by molar-refractivity contribution is 5.97. The molecule has 0 saturated carbocycles. The van der Waals surface area contributed by atoms with Crippen LogP contribution in [0.15, 0.2) is 47.6 Å². The Bertz CT molecular complexity index is 1170. The molecule has 0 fully saturated rings. The van der Waals surface area contributed by atoms with Crippen LogP contribution in [0.2, 0.25) is 0 Å². The van der Waals surface area contributed by atoms with Crippen molar-refractivity contribution in [3.63, 3.8) is 0 Å². The first-order valence-corrected chi connectivity index (χ1v) is 9.28. The van der Waals surface area contributed by atoms with Crippen molar-refractivity contribution in [2.75, 3.05) is 7.11 Å². The Kier molecular flexibility index (Phi) is 6.29. The summed E-state index contributed by atoms with van der Waals surface area (Å²) in [5.41, 5.74) is 4.65. The van der Waals surface area contributed by atoms with Crippen molar-refractivity contribution in [3.05, 3.63) is 80.7 Å². The predicted octanol–water partition coefficient (Wildman–Crippen LogP) is 2.93. The van der Waals surface area contributed by atoms with Gasteiger partial charge in [0, 0.05) is 5.56 Å². The molecule has 160 valence electrons. The first-order chi connectivity index (χ1) is 14.8. The van der Waals surface area contributed by atoms with Crippen LogP contribution in [0.5, 0.6) is 11.5 Å². The van der Waals surface area contributed by atoms with Gasteiger partial charge in [-0.1, -0.05) is 12.1 Å². The fraction of sp³-hybridized carbons (Fsp3) is 0.190. The Hall–Kier alpha value is -4.21. The van der Waals surface area contributed by atoms with Crippen molar-refractivity contribution in [2.24, 2.45) is 5.10 Å². The number of aromatic nitrogens is 2. The fourth-order valence-corrected chi connectivity index (χ4v) is 3.16. The van der Waals surface area contributed by atoms with E-state index in [9.17, 15) is 20.0 Å². The molecule has 1 amide bonds. The number of hydrogen-bond acceptors (Lipinski definition) is 7. The van der Waals surface area contributed by atoms with Crippen LogP contribution in [0.25, 0.3) is 0 Å². The van der Waals surface area contributed by atoms with E-state index in [0.717, 1.165) is 5.56 Å². The van der Waals surface area contributed by atoms with E-state index >= 15 is 0 Å². The minimum absolute atomic E-state index is 0.0106. The third kappa shape index (κ3) is 4.69. The Labute approximate surface area is 177 Å². The number of aryl methyl sites for hydroxylation is 1. The third-order valence-electron chi connectivity index (χ3n) is 4.68. The maximum Gasteiger partial charge on any atom is 0.312 e. The number of nitro groups is 1. The minimum Gasteiger partial charge on any atom is -0.507 e. The number of benzene rings is 2. The van der Waals surface area contributed by atoms with Gasteiger partial charge in [-0.25, -0.2) is 5.43 Å². The van der Waals surface area contributed by atoms with Crippen LogP contribution in [0, 0.1) is 24.0 Å². The molecular formula is C21H21N5O5. The average molecular weight is 423 g/mol. The van der Waals surface area contributed by atoms with Gasteiger partial charge in [-0.2, -0.15) is 10.2 Å². The molecule has 0 radical (unpaired) electrons. The van der Waals surface area contributed by atoms with Gasteiger partial charge in [-0.3, -0.25) is 19.6 Å². The summed E-state index contributed by atoms with van der Waals surface area (Å²) in [5, 5.41) is 29.2. The van der Waals surface area contributed by atoms with Gasteiger partial charge >= 0.3 is 5.69 Å². The van der Waals surface area contributed by atoms with Crippen molar-refractivity contribution in [1.29, 1.82) is 0 Å². The van der Waals surface area contributed by atoms with Gasteiger partial charge in [-0.15, -0.1) is 0 Å². The highest BCUT2D eigenvalue weighted by Gasteiger charge is 2.22. The number of rotatable bonds is 7. The molecule has 0 aliphatic heterocycles. The van der Waals surface area contributed by atoms with Crippen LogP contribution >= 0.6 is 0 Å². The second-order valence-corrected chi connectivity index (χ2v) is 6.72. The Balaban J connectivity index is 1.80. The monoisotopic (exact) mass is 423 g/mol. The summed E-state index contributed by atoms with van der Waals surface area (Å²) in [5.74, 6) is -0.0930. The van der Waals surface area contributed by atoms with Crippen LogP contribution in [0.1, 0.15) is 32.9 Å². The van der Waals surface area contributed by atoms with Crippen molar-refractivity contribution in [1.82, 2.24) is 15.2 Å². The molecule has 1 heterocycles. The molecule has 0 saturated heterocycles. The average Bonchev–Trinajstić information content (AvgIpc) is 3.01. The van der Waals surface area contributed by atoms with E-state index in [1.807, 2.05) is 0 Å². The Morgan fingerprint density at radius 2 is 2.06 bits per heavy atom. The van der Waals surface area contributed by atoms with Crippen LogP contribution < -0.4 is 10.2 Å². The van der Waals surface area contributed by atoms with Crippen LogP contribution in [0.4, 0.5) is 5.69 Å². The third-order valence-corrected chi connectivity index (χ3v) is 4.68. The molecule has 2 aromatic carbocycles. The maximum atomic E-state index is 12.1. The fourth-order valence-electron chi connectivity index (χ4n) is 3.16. The van der Waals surface area contributed by atoms with E-state index in [1.165, 1.54) is 25.5 Å². The van der Waals surface area contributed by atoms with Crippen molar-refractivity contribution >= 4 is 17.8 Å². The lowest BCUT2D eigenvalue weighted by atomic mass is 10.1.